The first-order chi connectivity index (χ1) is 22.3. The average molecular weight is 640 g/mol. The molecule has 5 heterocycles. The Morgan fingerprint density at radius 3 is 2.52 bits per heavy atom. The maximum Gasteiger partial charge on any atom is 0.245 e. The summed E-state index contributed by atoms with van der Waals surface area (Å²) in [7, 11) is 2.19. The van der Waals surface area contributed by atoms with E-state index in [0.717, 1.165) is 134 Å². The van der Waals surface area contributed by atoms with E-state index in [4.69, 9.17) is 26.3 Å². The molecule has 1 aliphatic carbocycles. The number of halogens is 1. The van der Waals surface area contributed by atoms with Gasteiger partial charge in [-0.25, -0.2) is 9.97 Å². The molecule has 3 aliphatic heterocycles. The fourth-order valence-corrected chi connectivity index (χ4v) is 8.20. The Morgan fingerprint density at radius 2 is 1.83 bits per heavy atom. The fourth-order valence-electron chi connectivity index (χ4n) is 7.92. The lowest BCUT2D eigenvalue weighted by molar-refractivity contribution is -0.139. The van der Waals surface area contributed by atoms with Crippen LogP contribution in [0.5, 0.6) is 5.75 Å². The first kappa shape index (κ1) is 29.7. The van der Waals surface area contributed by atoms with Crippen molar-refractivity contribution >= 4 is 45.1 Å². The molecule has 0 bridgehead atoms. The summed E-state index contributed by atoms with van der Waals surface area (Å²) in [4.78, 5) is 29.7. The molecular weight excluding hydrogens is 598 g/mol. The second-order valence-electron chi connectivity index (χ2n) is 14.1. The quantitative estimate of drug-likeness (QED) is 0.241. The Morgan fingerprint density at radius 1 is 1.07 bits per heavy atom. The van der Waals surface area contributed by atoms with Crippen LogP contribution in [0.2, 0.25) is 5.02 Å². The molecule has 0 atom stereocenters. The number of aromatic amines is 1. The van der Waals surface area contributed by atoms with Gasteiger partial charge in [0.15, 0.2) is 5.75 Å². The number of fused-ring (bicyclic) bond motifs is 2. The van der Waals surface area contributed by atoms with E-state index in [9.17, 15) is 4.79 Å². The Kier molecular flexibility index (Phi) is 7.44. The molecule has 0 radical (unpaired) electrons. The molecule has 4 fully saturated rings. The van der Waals surface area contributed by atoms with Crippen molar-refractivity contribution in [2.24, 2.45) is 5.41 Å². The monoisotopic (exact) mass is 639 g/mol. The summed E-state index contributed by atoms with van der Waals surface area (Å²) in [6.45, 7) is 11.2. The van der Waals surface area contributed by atoms with Crippen LogP contribution in [-0.4, -0.2) is 88.3 Å². The summed E-state index contributed by atoms with van der Waals surface area (Å²) in [5, 5.41) is 10.1. The lowest BCUT2D eigenvalue weighted by atomic mass is 9.72. The molecule has 0 unspecified atom stereocenters. The van der Waals surface area contributed by atoms with Gasteiger partial charge in [-0.2, -0.15) is 5.10 Å². The van der Waals surface area contributed by atoms with E-state index in [2.05, 4.69) is 58.7 Å². The van der Waals surface area contributed by atoms with Crippen molar-refractivity contribution in [2.75, 3.05) is 51.2 Å². The third-order valence-corrected chi connectivity index (χ3v) is 11.4. The number of hydrogen-bond acceptors (Lipinski definition) is 7. The fraction of sp³-hybridized carbons (Fsp3) is 0.500. The van der Waals surface area contributed by atoms with Crippen LogP contribution >= 0.6 is 11.6 Å². The van der Waals surface area contributed by atoms with Crippen LogP contribution in [0, 0.1) is 12.3 Å². The number of ether oxygens (including phenoxy) is 1. The molecule has 2 aromatic heterocycles. The van der Waals surface area contributed by atoms with Crippen LogP contribution in [0.1, 0.15) is 62.3 Å². The van der Waals surface area contributed by atoms with Crippen LogP contribution < -0.4 is 9.64 Å². The third-order valence-electron chi connectivity index (χ3n) is 11.1. The molecule has 10 heteroatoms. The highest BCUT2D eigenvalue weighted by atomic mass is 35.5. The number of likely N-dealkylation sites (tertiary alicyclic amines) is 2. The van der Waals surface area contributed by atoms with E-state index in [1.165, 1.54) is 12.5 Å². The SMILES string of the molecule is C=CC(=O)N1CC2(CCN(c3nc(C4CCN(C)CC4)nc4c(OC5CCC5)c(-c5c(C)ccc6[nH]ncc56)c(Cl)cc34)CC2)C1. The Balaban J connectivity index is 1.27. The molecule has 1 saturated carbocycles. The molecule has 1 N–H and O–H groups in total. The number of amides is 1. The molecule has 2 aromatic carbocycles. The number of nitrogens with one attached hydrogen (secondary N) is 1. The smallest absolute Gasteiger partial charge is 0.245 e. The van der Waals surface area contributed by atoms with E-state index in [1.54, 1.807) is 0 Å². The number of carbonyl (C=O) groups excluding carboxylic acids is 1. The molecule has 46 heavy (non-hydrogen) atoms. The van der Waals surface area contributed by atoms with Crippen LogP contribution in [0.3, 0.4) is 0 Å². The van der Waals surface area contributed by atoms with Gasteiger partial charge < -0.3 is 19.4 Å². The number of nitrogens with zero attached hydrogens (tertiary/aromatic N) is 6. The highest BCUT2D eigenvalue weighted by Crippen LogP contribution is 2.49. The van der Waals surface area contributed by atoms with E-state index < -0.39 is 0 Å². The standard InChI is InChI=1S/C36H42ClN7O2/c1-4-29(45)44-20-36(21-44)12-16-43(17-13-36)35-25-18-27(37)31(30-22(2)8-9-28-26(30)19-38-41-28)33(46-24-6-5-7-24)32(25)39-34(40-35)23-10-14-42(3)15-11-23/h4,8-9,18-19,23-24H,1,5-7,10-17,20-21H2,2-3H3,(H,38,41). The van der Waals surface area contributed by atoms with Gasteiger partial charge in [0.2, 0.25) is 5.91 Å². The molecule has 9 nitrogen and oxygen atoms in total. The molecular formula is C36H42ClN7O2. The van der Waals surface area contributed by atoms with Crippen molar-refractivity contribution in [3.63, 3.8) is 0 Å². The zero-order valence-electron chi connectivity index (χ0n) is 26.8. The third kappa shape index (κ3) is 5.03. The molecule has 8 rings (SSSR count). The van der Waals surface area contributed by atoms with E-state index in [0.29, 0.717) is 5.02 Å². The topological polar surface area (TPSA) is 90.5 Å². The number of rotatable bonds is 6. The maximum absolute atomic E-state index is 12.2. The first-order valence-corrected chi connectivity index (χ1v) is 17.2. The summed E-state index contributed by atoms with van der Waals surface area (Å²) < 4.78 is 6.94. The first-order valence-electron chi connectivity index (χ1n) is 16.8. The zero-order chi connectivity index (χ0) is 31.6. The minimum absolute atomic E-state index is 0.0309. The molecule has 3 saturated heterocycles. The van der Waals surface area contributed by atoms with E-state index in [1.807, 2.05) is 11.1 Å². The number of benzene rings is 2. The van der Waals surface area contributed by atoms with Gasteiger partial charge in [0.1, 0.15) is 17.2 Å². The second kappa shape index (κ2) is 11.5. The van der Waals surface area contributed by atoms with Crippen molar-refractivity contribution in [3.05, 3.63) is 53.5 Å². The Bertz CT molecular complexity index is 1830. The normalized spacial score (nSPS) is 20.7. The lowest BCUT2D eigenvalue weighted by Gasteiger charge is -2.54. The Hall–Kier alpha value is -3.69. The van der Waals surface area contributed by atoms with Crippen molar-refractivity contribution < 1.29 is 9.53 Å². The van der Waals surface area contributed by atoms with Crippen molar-refractivity contribution in [2.45, 2.75) is 63.9 Å². The summed E-state index contributed by atoms with van der Waals surface area (Å²) in [5.74, 6) is 2.95. The van der Waals surface area contributed by atoms with Gasteiger partial charge in [-0.3, -0.25) is 9.89 Å². The average Bonchev–Trinajstić information content (AvgIpc) is 3.51. The van der Waals surface area contributed by atoms with Gasteiger partial charge in [0.05, 0.1) is 22.8 Å². The van der Waals surface area contributed by atoms with E-state index in [-0.39, 0.29) is 23.3 Å². The van der Waals surface area contributed by atoms with E-state index >= 15 is 0 Å². The van der Waals surface area contributed by atoms with Gasteiger partial charge in [0, 0.05) is 59.4 Å². The number of carbonyl (C=O) groups is 1. The summed E-state index contributed by atoms with van der Waals surface area (Å²) in [6.07, 6.45) is 10.8. The van der Waals surface area contributed by atoms with Gasteiger partial charge in [-0.1, -0.05) is 24.2 Å². The summed E-state index contributed by atoms with van der Waals surface area (Å²) in [6, 6.07) is 6.26. The summed E-state index contributed by atoms with van der Waals surface area (Å²) in [5.41, 5.74) is 5.05. The predicted molar refractivity (Wildman–Crippen MR) is 183 cm³/mol. The second-order valence-corrected chi connectivity index (χ2v) is 14.5. The van der Waals surface area contributed by atoms with Crippen LogP contribution in [0.15, 0.2) is 37.1 Å². The number of hydrogen-bond donors (Lipinski definition) is 1. The van der Waals surface area contributed by atoms with Crippen molar-refractivity contribution in [3.8, 4) is 16.9 Å². The molecule has 240 valence electrons. The largest absolute Gasteiger partial charge is 0.487 e. The number of H-pyrrole nitrogens is 1. The lowest BCUT2D eigenvalue weighted by Crippen LogP contribution is -2.61. The summed E-state index contributed by atoms with van der Waals surface area (Å²) >= 11 is 7.34. The number of aryl methyl sites for hydroxylation is 1. The molecule has 4 aromatic rings. The van der Waals surface area contributed by atoms with Crippen LogP contribution in [0.4, 0.5) is 5.82 Å². The highest BCUT2D eigenvalue weighted by molar-refractivity contribution is 6.35. The van der Waals surface area contributed by atoms with Gasteiger partial charge in [-0.15, -0.1) is 0 Å². The molecule has 1 amide bonds. The highest BCUT2D eigenvalue weighted by Gasteiger charge is 2.46. The molecule has 1 spiro atoms. The van der Waals surface area contributed by atoms with Gasteiger partial charge in [-0.05, 0) is 95.8 Å². The predicted octanol–water partition coefficient (Wildman–Crippen LogP) is 6.49. The minimum atomic E-state index is 0.0309. The van der Waals surface area contributed by atoms with Crippen LogP contribution in [0.25, 0.3) is 32.9 Å². The minimum Gasteiger partial charge on any atom is -0.487 e. The number of aromatic nitrogens is 4. The number of piperidine rings is 2. The van der Waals surface area contributed by atoms with Crippen molar-refractivity contribution in [1.82, 2.24) is 30.0 Å². The van der Waals surface area contributed by atoms with Crippen molar-refractivity contribution in [1.29, 1.82) is 0 Å². The van der Waals surface area contributed by atoms with Gasteiger partial charge in [0.25, 0.3) is 0 Å². The zero-order valence-corrected chi connectivity index (χ0v) is 27.6. The Labute approximate surface area is 274 Å². The molecule has 4 aliphatic rings. The maximum atomic E-state index is 12.2. The number of anilines is 1. The van der Waals surface area contributed by atoms with Crippen LogP contribution in [-0.2, 0) is 4.79 Å². The van der Waals surface area contributed by atoms with Gasteiger partial charge >= 0.3 is 0 Å².